The van der Waals surface area contributed by atoms with Crippen molar-refractivity contribution in [1.82, 2.24) is 10.6 Å². The van der Waals surface area contributed by atoms with E-state index in [4.69, 9.17) is 0 Å². The highest BCUT2D eigenvalue weighted by Gasteiger charge is 2.47. The Labute approximate surface area is 123 Å². The van der Waals surface area contributed by atoms with Gasteiger partial charge in [-0.05, 0) is 44.9 Å². The molecule has 1 saturated carbocycles. The molecular formula is C16H20F2N2O. The monoisotopic (exact) mass is 294 g/mol. The lowest BCUT2D eigenvalue weighted by Gasteiger charge is -2.30. The molecular weight excluding hydrogens is 274 g/mol. The molecule has 1 amide bonds. The van der Waals surface area contributed by atoms with Crippen molar-refractivity contribution < 1.29 is 13.6 Å². The standard InChI is InChI=1S/C16H20F2N2O/c1-9-14(6-3-7-19-9)20-16(21)11-8-10(11)15-12(17)4-2-5-13(15)18/h2,4-5,9-11,14,19H,3,6-8H2,1H3,(H,20,21). The number of halogens is 2. The van der Waals surface area contributed by atoms with E-state index in [1.54, 1.807) is 0 Å². The molecule has 2 aliphatic rings. The number of hydrogen-bond acceptors (Lipinski definition) is 2. The maximum Gasteiger partial charge on any atom is 0.224 e. The van der Waals surface area contributed by atoms with Crippen molar-refractivity contribution in [2.75, 3.05) is 6.54 Å². The topological polar surface area (TPSA) is 41.1 Å². The van der Waals surface area contributed by atoms with Crippen molar-refractivity contribution in [1.29, 1.82) is 0 Å². The third kappa shape index (κ3) is 2.93. The molecule has 0 radical (unpaired) electrons. The van der Waals surface area contributed by atoms with Crippen LogP contribution in [0.1, 0.15) is 37.7 Å². The van der Waals surface area contributed by atoms with Crippen molar-refractivity contribution in [2.24, 2.45) is 5.92 Å². The molecule has 0 spiro atoms. The first-order chi connectivity index (χ1) is 10.1. The Morgan fingerprint density at radius 3 is 2.71 bits per heavy atom. The first-order valence-corrected chi connectivity index (χ1v) is 7.55. The first-order valence-electron chi connectivity index (χ1n) is 7.55. The molecule has 0 bridgehead atoms. The second kappa shape index (κ2) is 5.72. The van der Waals surface area contributed by atoms with Crippen LogP contribution in [0.25, 0.3) is 0 Å². The number of rotatable bonds is 3. The summed E-state index contributed by atoms with van der Waals surface area (Å²) in [5.74, 6) is -1.81. The van der Waals surface area contributed by atoms with Crippen LogP contribution in [0.3, 0.4) is 0 Å². The van der Waals surface area contributed by atoms with Gasteiger partial charge in [0.25, 0.3) is 0 Å². The summed E-state index contributed by atoms with van der Waals surface area (Å²) in [4.78, 5) is 12.2. The zero-order valence-electron chi connectivity index (χ0n) is 12.0. The summed E-state index contributed by atoms with van der Waals surface area (Å²) in [5.41, 5.74) is 0.0625. The highest BCUT2D eigenvalue weighted by Crippen LogP contribution is 2.49. The molecule has 2 fully saturated rings. The normalized spacial score (nSPS) is 31.8. The lowest BCUT2D eigenvalue weighted by atomic mass is 9.99. The van der Waals surface area contributed by atoms with Crippen molar-refractivity contribution in [2.45, 2.75) is 44.2 Å². The van der Waals surface area contributed by atoms with E-state index in [1.165, 1.54) is 18.2 Å². The first kappa shape index (κ1) is 14.4. The Hall–Kier alpha value is -1.49. The fourth-order valence-corrected chi connectivity index (χ4v) is 3.20. The summed E-state index contributed by atoms with van der Waals surface area (Å²) in [6.07, 6.45) is 2.51. The highest BCUT2D eigenvalue weighted by molar-refractivity contribution is 5.83. The Morgan fingerprint density at radius 1 is 1.33 bits per heavy atom. The Balaban J connectivity index is 1.63. The summed E-state index contributed by atoms with van der Waals surface area (Å²) in [6.45, 7) is 3.02. The number of amides is 1. The average molecular weight is 294 g/mol. The third-order valence-corrected chi connectivity index (χ3v) is 4.59. The molecule has 1 aliphatic carbocycles. The molecule has 2 N–H and O–H groups in total. The van der Waals surface area contributed by atoms with Gasteiger partial charge in [0.15, 0.2) is 0 Å². The number of nitrogens with one attached hydrogen (secondary N) is 2. The van der Waals surface area contributed by atoms with Gasteiger partial charge in [-0.1, -0.05) is 6.07 Å². The number of piperidine rings is 1. The molecule has 3 nitrogen and oxygen atoms in total. The van der Waals surface area contributed by atoms with Gasteiger partial charge in [-0.3, -0.25) is 4.79 Å². The molecule has 0 aromatic heterocycles. The van der Waals surface area contributed by atoms with Gasteiger partial charge in [0.1, 0.15) is 11.6 Å². The quantitative estimate of drug-likeness (QED) is 0.898. The molecule has 1 aromatic carbocycles. The van der Waals surface area contributed by atoms with Crippen LogP contribution in [0.5, 0.6) is 0 Å². The second-order valence-electron chi connectivity index (χ2n) is 6.08. The molecule has 1 saturated heterocycles. The van der Waals surface area contributed by atoms with Gasteiger partial charge < -0.3 is 10.6 Å². The Kier molecular flexibility index (Phi) is 3.93. The minimum absolute atomic E-state index is 0.0625. The van der Waals surface area contributed by atoms with E-state index in [-0.39, 0.29) is 35.4 Å². The fraction of sp³-hybridized carbons (Fsp3) is 0.562. The van der Waals surface area contributed by atoms with E-state index in [0.717, 1.165) is 19.4 Å². The molecule has 4 unspecified atom stereocenters. The molecule has 5 heteroatoms. The predicted octanol–water partition coefficient (Wildman–Crippen LogP) is 2.33. The zero-order chi connectivity index (χ0) is 15.0. The lowest BCUT2D eigenvalue weighted by molar-refractivity contribution is -0.123. The molecule has 1 aliphatic heterocycles. The smallest absolute Gasteiger partial charge is 0.224 e. The van der Waals surface area contributed by atoms with Crippen LogP contribution < -0.4 is 10.6 Å². The zero-order valence-corrected chi connectivity index (χ0v) is 12.0. The second-order valence-corrected chi connectivity index (χ2v) is 6.08. The van der Waals surface area contributed by atoms with Crippen molar-refractivity contribution >= 4 is 5.91 Å². The van der Waals surface area contributed by atoms with Crippen molar-refractivity contribution in [3.8, 4) is 0 Å². The summed E-state index contributed by atoms with van der Waals surface area (Å²) >= 11 is 0. The van der Waals surface area contributed by atoms with E-state index < -0.39 is 11.6 Å². The van der Waals surface area contributed by atoms with Crippen LogP contribution in [0.15, 0.2) is 18.2 Å². The van der Waals surface area contributed by atoms with Crippen molar-refractivity contribution in [3.63, 3.8) is 0 Å². The van der Waals surface area contributed by atoms with Crippen LogP contribution in [0.4, 0.5) is 8.78 Å². The summed E-state index contributed by atoms with van der Waals surface area (Å²) < 4.78 is 27.4. The molecule has 21 heavy (non-hydrogen) atoms. The van der Waals surface area contributed by atoms with Gasteiger partial charge in [0.2, 0.25) is 5.91 Å². The number of hydrogen-bond donors (Lipinski definition) is 2. The predicted molar refractivity (Wildman–Crippen MR) is 75.8 cm³/mol. The van der Waals surface area contributed by atoms with Crippen LogP contribution in [-0.4, -0.2) is 24.5 Å². The summed E-state index contributed by atoms with van der Waals surface area (Å²) in [5, 5.41) is 6.35. The molecule has 1 heterocycles. The lowest BCUT2D eigenvalue weighted by Crippen LogP contribution is -2.52. The van der Waals surface area contributed by atoms with E-state index in [2.05, 4.69) is 10.6 Å². The Morgan fingerprint density at radius 2 is 2.05 bits per heavy atom. The van der Waals surface area contributed by atoms with E-state index >= 15 is 0 Å². The number of carbonyl (C=O) groups is 1. The fourth-order valence-electron chi connectivity index (χ4n) is 3.20. The molecule has 3 rings (SSSR count). The SMILES string of the molecule is CC1NCCCC1NC(=O)C1CC1c1c(F)cccc1F. The molecule has 114 valence electrons. The number of carbonyl (C=O) groups excluding carboxylic acids is 1. The minimum Gasteiger partial charge on any atom is -0.352 e. The van der Waals surface area contributed by atoms with Gasteiger partial charge in [-0.2, -0.15) is 0 Å². The molecule has 4 atom stereocenters. The largest absolute Gasteiger partial charge is 0.352 e. The highest BCUT2D eigenvalue weighted by atomic mass is 19.1. The van der Waals surface area contributed by atoms with Gasteiger partial charge >= 0.3 is 0 Å². The van der Waals surface area contributed by atoms with Gasteiger partial charge in [0.05, 0.1) is 0 Å². The van der Waals surface area contributed by atoms with Gasteiger partial charge in [-0.15, -0.1) is 0 Å². The van der Waals surface area contributed by atoms with Gasteiger partial charge in [-0.25, -0.2) is 8.78 Å². The van der Waals surface area contributed by atoms with Crippen LogP contribution in [0.2, 0.25) is 0 Å². The summed E-state index contributed by atoms with van der Waals surface area (Å²) in [6, 6.07) is 4.20. The van der Waals surface area contributed by atoms with E-state index in [1.807, 2.05) is 6.92 Å². The maximum absolute atomic E-state index is 13.7. The minimum atomic E-state index is -0.553. The summed E-state index contributed by atoms with van der Waals surface area (Å²) in [7, 11) is 0. The maximum atomic E-state index is 13.7. The van der Waals surface area contributed by atoms with E-state index in [0.29, 0.717) is 6.42 Å². The van der Waals surface area contributed by atoms with E-state index in [9.17, 15) is 13.6 Å². The van der Waals surface area contributed by atoms with Gasteiger partial charge in [0, 0.05) is 29.5 Å². The van der Waals surface area contributed by atoms with Crippen molar-refractivity contribution in [3.05, 3.63) is 35.4 Å². The van der Waals surface area contributed by atoms with Crippen LogP contribution >= 0.6 is 0 Å². The Bertz CT molecular complexity index is 529. The average Bonchev–Trinajstić information content (AvgIpc) is 3.21. The number of benzene rings is 1. The van der Waals surface area contributed by atoms with Crippen LogP contribution in [-0.2, 0) is 4.79 Å². The van der Waals surface area contributed by atoms with Crippen LogP contribution in [0, 0.1) is 17.6 Å². The third-order valence-electron chi connectivity index (χ3n) is 4.59. The molecule has 1 aromatic rings.